The number of likely N-dealkylation sites (N-methyl/N-ethyl adjacent to an activating group) is 1. The van der Waals surface area contributed by atoms with Crippen LogP contribution in [-0.4, -0.2) is 29.4 Å². The maximum Gasteiger partial charge on any atom is 0.337 e. The van der Waals surface area contributed by atoms with Crippen molar-refractivity contribution >= 4 is 40.7 Å². The van der Waals surface area contributed by atoms with Gasteiger partial charge in [0.2, 0.25) is 0 Å². The maximum absolute atomic E-state index is 11.2. The Morgan fingerprint density at radius 2 is 2.00 bits per heavy atom. The van der Waals surface area contributed by atoms with E-state index >= 15 is 0 Å². The van der Waals surface area contributed by atoms with Gasteiger partial charge < -0.3 is 10.0 Å². The number of aliphatic imine (C=N–C) groups is 1. The molecule has 0 atom stereocenters. The highest BCUT2D eigenvalue weighted by Gasteiger charge is 2.29. The Labute approximate surface area is 164 Å². The molecule has 1 heterocycles. The van der Waals surface area contributed by atoms with E-state index in [4.69, 9.17) is 11.6 Å². The minimum absolute atomic E-state index is 0.0159. The van der Waals surface area contributed by atoms with E-state index in [2.05, 4.69) is 55.8 Å². The number of halogens is 1. The highest BCUT2D eigenvalue weighted by atomic mass is 35.5. The molecule has 5 heteroatoms. The van der Waals surface area contributed by atoms with Crippen molar-refractivity contribution in [1.82, 2.24) is 0 Å². The van der Waals surface area contributed by atoms with Crippen LogP contribution in [0.25, 0.3) is 5.57 Å². The second-order valence-corrected chi connectivity index (χ2v) is 7.64. The fraction of sp³-hybridized carbons (Fsp3) is 0.273. The number of carboxylic acid groups (broad SMARTS) is 1. The first kappa shape index (κ1) is 19.2. The normalized spacial score (nSPS) is 15.6. The SMILES string of the molecule is CCN1c2ccc(C=Nc3ccc(Cl)c(C(=O)O)c3)cc2C(C)=CC1(C)C. The van der Waals surface area contributed by atoms with Crippen molar-refractivity contribution in [2.75, 3.05) is 11.4 Å². The molecule has 1 aliphatic rings. The fourth-order valence-electron chi connectivity index (χ4n) is 3.67. The largest absolute Gasteiger partial charge is 0.478 e. The zero-order valence-corrected chi connectivity index (χ0v) is 16.7. The van der Waals surface area contributed by atoms with Gasteiger partial charge in [0.25, 0.3) is 0 Å². The number of allylic oxidation sites excluding steroid dienone is 1. The molecule has 2 aromatic carbocycles. The van der Waals surface area contributed by atoms with Crippen LogP contribution < -0.4 is 4.90 Å². The van der Waals surface area contributed by atoms with Crippen LogP contribution in [0, 0.1) is 0 Å². The molecular formula is C22H23ClN2O2. The molecule has 2 aromatic rings. The molecule has 1 N–H and O–H groups in total. The standard InChI is InChI=1S/C22H23ClN2O2/c1-5-25-20-9-6-15(10-17(20)14(2)12-22(25,3)4)13-24-16-7-8-19(23)18(11-16)21(26)27/h6-13H,5H2,1-4H3,(H,26,27). The second-order valence-electron chi connectivity index (χ2n) is 7.23. The number of anilines is 1. The number of benzene rings is 2. The van der Waals surface area contributed by atoms with Gasteiger partial charge in [0, 0.05) is 24.0 Å². The number of nitrogens with zero attached hydrogens (tertiary/aromatic N) is 2. The van der Waals surface area contributed by atoms with Crippen LogP contribution in [0.1, 0.15) is 49.2 Å². The predicted molar refractivity (Wildman–Crippen MR) is 113 cm³/mol. The first-order chi connectivity index (χ1) is 12.7. The van der Waals surface area contributed by atoms with Crippen LogP contribution >= 0.6 is 11.6 Å². The zero-order valence-electron chi connectivity index (χ0n) is 16.0. The van der Waals surface area contributed by atoms with Gasteiger partial charge in [-0.05, 0) is 69.2 Å². The first-order valence-electron chi connectivity index (χ1n) is 8.91. The van der Waals surface area contributed by atoms with Gasteiger partial charge in [-0.3, -0.25) is 4.99 Å². The van der Waals surface area contributed by atoms with E-state index in [9.17, 15) is 9.90 Å². The molecule has 0 fully saturated rings. The second kappa shape index (κ2) is 7.20. The Morgan fingerprint density at radius 3 is 2.67 bits per heavy atom. The third-order valence-corrected chi connectivity index (χ3v) is 5.19. The third-order valence-electron chi connectivity index (χ3n) is 4.86. The smallest absolute Gasteiger partial charge is 0.337 e. The molecule has 3 rings (SSSR count). The summed E-state index contributed by atoms with van der Waals surface area (Å²) >= 11 is 5.91. The summed E-state index contributed by atoms with van der Waals surface area (Å²) in [4.78, 5) is 18.0. The average Bonchev–Trinajstić information content (AvgIpc) is 2.60. The summed E-state index contributed by atoms with van der Waals surface area (Å²) in [6.45, 7) is 9.67. The molecule has 0 aromatic heterocycles. The zero-order chi connectivity index (χ0) is 19.8. The van der Waals surface area contributed by atoms with Gasteiger partial charge in [0.1, 0.15) is 0 Å². The van der Waals surface area contributed by atoms with E-state index in [0.29, 0.717) is 5.69 Å². The number of aromatic carboxylic acids is 1. The lowest BCUT2D eigenvalue weighted by molar-refractivity contribution is 0.0697. The minimum atomic E-state index is -1.06. The summed E-state index contributed by atoms with van der Waals surface area (Å²) in [5.41, 5.74) is 5.22. The van der Waals surface area contributed by atoms with Gasteiger partial charge in [-0.25, -0.2) is 4.79 Å². The van der Waals surface area contributed by atoms with Crippen molar-refractivity contribution in [2.24, 2.45) is 4.99 Å². The molecular weight excluding hydrogens is 360 g/mol. The highest BCUT2D eigenvalue weighted by molar-refractivity contribution is 6.33. The molecule has 4 nitrogen and oxygen atoms in total. The molecule has 0 spiro atoms. The van der Waals surface area contributed by atoms with Crippen molar-refractivity contribution in [3.8, 4) is 0 Å². The summed E-state index contributed by atoms with van der Waals surface area (Å²) < 4.78 is 0. The molecule has 0 amide bonds. The molecule has 0 aliphatic carbocycles. The predicted octanol–water partition coefficient (Wildman–Crippen LogP) is 5.81. The van der Waals surface area contributed by atoms with Gasteiger partial charge in [-0.2, -0.15) is 0 Å². The number of fused-ring (bicyclic) bond motifs is 1. The number of hydrogen-bond acceptors (Lipinski definition) is 3. The van der Waals surface area contributed by atoms with E-state index in [-0.39, 0.29) is 16.1 Å². The number of rotatable bonds is 4. The Kier molecular flexibility index (Phi) is 5.11. The lowest BCUT2D eigenvalue weighted by atomic mass is 9.88. The van der Waals surface area contributed by atoms with Crippen molar-refractivity contribution < 1.29 is 9.90 Å². The quantitative estimate of drug-likeness (QED) is 0.679. The maximum atomic E-state index is 11.2. The van der Waals surface area contributed by atoms with E-state index in [1.165, 1.54) is 22.9 Å². The number of hydrogen-bond donors (Lipinski definition) is 1. The van der Waals surface area contributed by atoms with Crippen molar-refractivity contribution in [1.29, 1.82) is 0 Å². The molecule has 0 saturated carbocycles. The Balaban J connectivity index is 1.95. The Bertz CT molecular complexity index is 961. The molecule has 0 unspecified atom stereocenters. The van der Waals surface area contributed by atoms with Crippen molar-refractivity contribution in [3.63, 3.8) is 0 Å². The van der Waals surface area contributed by atoms with E-state index in [1.54, 1.807) is 18.3 Å². The third kappa shape index (κ3) is 3.76. The first-order valence-corrected chi connectivity index (χ1v) is 9.29. The van der Waals surface area contributed by atoms with Crippen LogP contribution in [0.5, 0.6) is 0 Å². The van der Waals surface area contributed by atoms with E-state index in [1.807, 2.05) is 6.07 Å². The highest BCUT2D eigenvalue weighted by Crippen LogP contribution is 2.38. The summed E-state index contributed by atoms with van der Waals surface area (Å²) in [6.07, 6.45) is 4.04. The lowest BCUT2D eigenvalue weighted by Crippen LogP contribution is -2.44. The molecule has 0 radical (unpaired) electrons. The van der Waals surface area contributed by atoms with E-state index in [0.717, 1.165) is 12.1 Å². The van der Waals surface area contributed by atoms with Crippen LogP contribution in [0.4, 0.5) is 11.4 Å². The topological polar surface area (TPSA) is 52.9 Å². The van der Waals surface area contributed by atoms with Gasteiger partial charge in [0.05, 0.1) is 21.8 Å². The fourth-order valence-corrected chi connectivity index (χ4v) is 3.86. The van der Waals surface area contributed by atoms with Gasteiger partial charge in [0.15, 0.2) is 0 Å². The van der Waals surface area contributed by atoms with Crippen LogP contribution in [0.3, 0.4) is 0 Å². The summed E-state index contributed by atoms with van der Waals surface area (Å²) in [7, 11) is 0. The molecule has 0 bridgehead atoms. The summed E-state index contributed by atoms with van der Waals surface area (Å²) in [5.74, 6) is -1.06. The Morgan fingerprint density at radius 1 is 1.26 bits per heavy atom. The van der Waals surface area contributed by atoms with Crippen molar-refractivity contribution in [2.45, 2.75) is 33.2 Å². The minimum Gasteiger partial charge on any atom is -0.478 e. The Hall–Kier alpha value is -2.59. The van der Waals surface area contributed by atoms with Crippen LogP contribution in [0.2, 0.25) is 5.02 Å². The van der Waals surface area contributed by atoms with E-state index < -0.39 is 5.97 Å². The molecule has 0 saturated heterocycles. The van der Waals surface area contributed by atoms with Crippen molar-refractivity contribution in [3.05, 3.63) is 64.2 Å². The van der Waals surface area contributed by atoms with Gasteiger partial charge in [-0.1, -0.05) is 23.7 Å². The summed E-state index contributed by atoms with van der Waals surface area (Å²) in [5, 5.41) is 9.39. The number of carbonyl (C=O) groups is 1. The summed E-state index contributed by atoms with van der Waals surface area (Å²) in [6, 6.07) is 11.0. The average molecular weight is 383 g/mol. The molecule has 140 valence electrons. The van der Waals surface area contributed by atoms with Gasteiger partial charge in [-0.15, -0.1) is 0 Å². The molecule has 27 heavy (non-hydrogen) atoms. The number of carboxylic acids is 1. The lowest BCUT2D eigenvalue weighted by Gasteiger charge is -2.42. The van der Waals surface area contributed by atoms with Gasteiger partial charge >= 0.3 is 5.97 Å². The monoisotopic (exact) mass is 382 g/mol. The van der Waals surface area contributed by atoms with Crippen LogP contribution in [0.15, 0.2) is 47.5 Å². The van der Waals surface area contributed by atoms with Crippen LogP contribution in [-0.2, 0) is 0 Å². The molecule has 1 aliphatic heterocycles.